The Morgan fingerprint density at radius 2 is 1.86 bits per heavy atom. The zero-order chi connectivity index (χ0) is 9.97. The van der Waals surface area contributed by atoms with Gasteiger partial charge in [0.1, 0.15) is 0 Å². The fourth-order valence-corrected chi connectivity index (χ4v) is 1.56. The summed E-state index contributed by atoms with van der Waals surface area (Å²) in [7, 11) is 0. The molecule has 0 atom stereocenters. The van der Waals surface area contributed by atoms with Crippen LogP contribution in [0.5, 0.6) is 0 Å². The van der Waals surface area contributed by atoms with Gasteiger partial charge in [0.15, 0.2) is 5.82 Å². The van der Waals surface area contributed by atoms with Crippen LogP contribution >= 0.6 is 23.2 Å². The molecule has 1 heterocycles. The molecule has 0 amide bonds. The summed E-state index contributed by atoms with van der Waals surface area (Å²) in [5, 5.41) is 14.1. The van der Waals surface area contributed by atoms with Crippen LogP contribution in [-0.4, -0.2) is 15.4 Å². The number of hydrogen-bond donors (Lipinski definition) is 2. The second kappa shape index (κ2) is 3.86. The normalized spacial score (nSPS) is 10.1. The van der Waals surface area contributed by atoms with Gasteiger partial charge in [-0.25, -0.2) is 0 Å². The van der Waals surface area contributed by atoms with Gasteiger partial charge in [0, 0.05) is 15.7 Å². The van der Waals surface area contributed by atoms with Crippen LogP contribution in [0.15, 0.2) is 24.4 Å². The van der Waals surface area contributed by atoms with Crippen LogP contribution in [0.2, 0.25) is 10.0 Å². The predicted molar refractivity (Wildman–Crippen MR) is 56.1 cm³/mol. The third-order valence-electron chi connectivity index (χ3n) is 1.55. The van der Waals surface area contributed by atoms with Crippen LogP contribution in [-0.2, 0) is 0 Å². The number of aromatic nitrogens is 3. The molecule has 2 aromatic rings. The average molecular weight is 229 g/mol. The molecule has 0 unspecified atom stereocenters. The minimum absolute atomic E-state index is 0.573. The number of rotatable bonds is 2. The van der Waals surface area contributed by atoms with E-state index in [2.05, 4.69) is 20.7 Å². The molecule has 0 aliphatic heterocycles. The molecule has 14 heavy (non-hydrogen) atoms. The quantitative estimate of drug-likeness (QED) is 0.832. The molecule has 1 aromatic heterocycles. The van der Waals surface area contributed by atoms with Gasteiger partial charge >= 0.3 is 0 Å². The maximum atomic E-state index is 5.82. The lowest BCUT2D eigenvalue weighted by Gasteiger charge is -2.02. The van der Waals surface area contributed by atoms with Crippen LogP contribution < -0.4 is 5.32 Å². The third-order valence-corrected chi connectivity index (χ3v) is 1.99. The number of benzene rings is 1. The monoisotopic (exact) mass is 228 g/mol. The number of nitrogens with zero attached hydrogens (tertiary/aromatic N) is 2. The maximum Gasteiger partial charge on any atom is 0.172 e. The Bertz CT molecular complexity index is 407. The first-order valence-electron chi connectivity index (χ1n) is 3.83. The van der Waals surface area contributed by atoms with Crippen LogP contribution in [0.25, 0.3) is 0 Å². The van der Waals surface area contributed by atoms with Crippen LogP contribution in [0.4, 0.5) is 11.5 Å². The molecule has 0 bridgehead atoms. The molecule has 0 fully saturated rings. The van der Waals surface area contributed by atoms with Gasteiger partial charge in [0.25, 0.3) is 0 Å². The number of H-pyrrole nitrogens is 1. The van der Waals surface area contributed by atoms with Gasteiger partial charge in [-0.1, -0.05) is 23.2 Å². The molecule has 6 heteroatoms. The number of halogens is 2. The first-order valence-corrected chi connectivity index (χ1v) is 4.58. The first kappa shape index (κ1) is 9.30. The lowest BCUT2D eigenvalue weighted by molar-refractivity contribution is 0.942. The molecule has 1 aromatic carbocycles. The molecular formula is C8H6Cl2N4. The number of aromatic amines is 1. The summed E-state index contributed by atoms with van der Waals surface area (Å²) >= 11 is 11.6. The summed E-state index contributed by atoms with van der Waals surface area (Å²) in [6.45, 7) is 0. The summed E-state index contributed by atoms with van der Waals surface area (Å²) in [5.41, 5.74) is 0.774. The molecule has 0 aliphatic rings. The zero-order valence-corrected chi connectivity index (χ0v) is 8.47. The molecule has 0 saturated heterocycles. The first-order chi connectivity index (χ1) is 6.74. The Labute approximate surface area is 90.2 Å². The Hall–Kier alpha value is -1.26. The highest BCUT2D eigenvalue weighted by atomic mass is 35.5. The average Bonchev–Trinajstić information content (AvgIpc) is 2.54. The van der Waals surface area contributed by atoms with E-state index in [0.717, 1.165) is 5.69 Å². The van der Waals surface area contributed by atoms with Gasteiger partial charge in [-0.2, -0.15) is 10.3 Å². The van der Waals surface area contributed by atoms with Gasteiger partial charge < -0.3 is 5.32 Å². The second-order valence-corrected chi connectivity index (χ2v) is 3.51. The van der Waals surface area contributed by atoms with Crippen molar-refractivity contribution in [3.05, 3.63) is 34.4 Å². The van der Waals surface area contributed by atoms with Gasteiger partial charge in [-0.3, -0.25) is 0 Å². The smallest absolute Gasteiger partial charge is 0.172 e. The molecule has 2 N–H and O–H groups in total. The van der Waals surface area contributed by atoms with E-state index in [1.54, 1.807) is 24.4 Å². The van der Waals surface area contributed by atoms with E-state index in [1.165, 1.54) is 0 Å². The number of hydrogen-bond acceptors (Lipinski definition) is 3. The second-order valence-electron chi connectivity index (χ2n) is 2.64. The lowest BCUT2D eigenvalue weighted by Crippen LogP contribution is -1.90. The van der Waals surface area contributed by atoms with Gasteiger partial charge in [0.05, 0.1) is 6.20 Å². The van der Waals surface area contributed by atoms with Gasteiger partial charge in [0.2, 0.25) is 0 Å². The summed E-state index contributed by atoms with van der Waals surface area (Å²) < 4.78 is 0. The minimum Gasteiger partial charge on any atom is -0.337 e. The third kappa shape index (κ3) is 2.16. The van der Waals surface area contributed by atoms with E-state index in [0.29, 0.717) is 15.9 Å². The Morgan fingerprint density at radius 3 is 2.43 bits per heavy atom. The Balaban J connectivity index is 2.25. The fraction of sp³-hybridized carbons (Fsp3) is 0. The summed E-state index contributed by atoms with van der Waals surface area (Å²) in [6, 6.07) is 5.17. The van der Waals surface area contributed by atoms with E-state index in [4.69, 9.17) is 23.2 Å². The van der Waals surface area contributed by atoms with E-state index in [-0.39, 0.29) is 0 Å². The van der Waals surface area contributed by atoms with Crippen molar-refractivity contribution in [3.63, 3.8) is 0 Å². The zero-order valence-electron chi connectivity index (χ0n) is 6.96. The molecule has 0 saturated carbocycles. The maximum absolute atomic E-state index is 5.82. The van der Waals surface area contributed by atoms with Crippen molar-refractivity contribution in [2.45, 2.75) is 0 Å². The number of nitrogens with one attached hydrogen (secondary N) is 2. The molecule has 72 valence electrons. The van der Waals surface area contributed by atoms with Crippen molar-refractivity contribution in [1.82, 2.24) is 15.4 Å². The molecule has 4 nitrogen and oxygen atoms in total. The van der Waals surface area contributed by atoms with Crippen molar-refractivity contribution >= 4 is 34.7 Å². The van der Waals surface area contributed by atoms with Crippen LogP contribution in [0.1, 0.15) is 0 Å². The molecule has 0 radical (unpaired) electrons. The van der Waals surface area contributed by atoms with Crippen molar-refractivity contribution in [2.75, 3.05) is 5.32 Å². The summed E-state index contributed by atoms with van der Waals surface area (Å²) in [6.07, 6.45) is 1.56. The van der Waals surface area contributed by atoms with Crippen LogP contribution in [0, 0.1) is 0 Å². The van der Waals surface area contributed by atoms with Crippen LogP contribution in [0.3, 0.4) is 0 Å². The number of anilines is 2. The minimum atomic E-state index is 0.573. The van der Waals surface area contributed by atoms with Crippen molar-refractivity contribution < 1.29 is 0 Å². The van der Waals surface area contributed by atoms with E-state index in [1.807, 2.05) is 0 Å². The summed E-state index contributed by atoms with van der Waals surface area (Å²) in [4.78, 5) is 0. The highest BCUT2D eigenvalue weighted by molar-refractivity contribution is 6.35. The standard InChI is InChI=1S/C8H6Cl2N4/c9-5-1-6(10)3-7(2-5)12-8-4-11-14-13-8/h1-4H,(H2,11,12,13,14). The summed E-state index contributed by atoms with van der Waals surface area (Å²) in [5.74, 6) is 0.614. The molecule has 0 aliphatic carbocycles. The fourth-order valence-electron chi connectivity index (χ4n) is 1.04. The van der Waals surface area contributed by atoms with Crippen molar-refractivity contribution in [2.24, 2.45) is 0 Å². The van der Waals surface area contributed by atoms with Gasteiger partial charge in [-0.15, -0.1) is 5.10 Å². The Kier molecular flexibility index (Phi) is 2.56. The lowest BCUT2D eigenvalue weighted by atomic mass is 10.3. The SMILES string of the molecule is Clc1cc(Cl)cc(Nc2cn[nH]n2)c1. The molecule has 2 rings (SSSR count). The van der Waals surface area contributed by atoms with E-state index in [9.17, 15) is 0 Å². The molecule has 0 spiro atoms. The van der Waals surface area contributed by atoms with Gasteiger partial charge in [-0.05, 0) is 18.2 Å². The predicted octanol–water partition coefficient (Wildman–Crippen LogP) is 2.86. The molecular weight excluding hydrogens is 223 g/mol. The highest BCUT2D eigenvalue weighted by Gasteiger charge is 2.00. The highest BCUT2D eigenvalue weighted by Crippen LogP contribution is 2.24. The van der Waals surface area contributed by atoms with Crippen molar-refractivity contribution in [3.8, 4) is 0 Å². The van der Waals surface area contributed by atoms with E-state index >= 15 is 0 Å². The topological polar surface area (TPSA) is 53.6 Å². The van der Waals surface area contributed by atoms with Crippen molar-refractivity contribution in [1.29, 1.82) is 0 Å². The Morgan fingerprint density at radius 1 is 1.14 bits per heavy atom. The van der Waals surface area contributed by atoms with E-state index < -0.39 is 0 Å². The largest absolute Gasteiger partial charge is 0.337 e.